The molecule has 0 bridgehead atoms. The van der Waals surface area contributed by atoms with Crippen LogP contribution in [0, 0.1) is 5.92 Å². The fraction of sp³-hybridized carbons (Fsp3) is 0.688. The van der Waals surface area contributed by atoms with E-state index in [1.54, 1.807) is 11.0 Å². The van der Waals surface area contributed by atoms with Crippen LogP contribution in [0.1, 0.15) is 33.6 Å². The monoisotopic (exact) mass is 373 g/mol. The molecule has 1 amide bonds. The maximum absolute atomic E-state index is 12.2. The van der Waals surface area contributed by atoms with E-state index in [1.807, 2.05) is 27.0 Å². The van der Waals surface area contributed by atoms with Crippen LogP contribution in [0.2, 0.25) is 5.15 Å². The fourth-order valence-corrected chi connectivity index (χ4v) is 3.03. The molecule has 0 saturated carbocycles. The van der Waals surface area contributed by atoms with Crippen LogP contribution in [0.25, 0.3) is 0 Å². The van der Waals surface area contributed by atoms with E-state index >= 15 is 0 Å². The molecule has 2 heterocycles. The van der Waals surface area contributed by atoms with Crippen molar-refractivity contribution >= 4 is 29.5 Å². The van der Waals surface area contributed by atoms with Crippen molar-refractivity contribution < 1.29 is 14.3 Å². The molecule has 0 N–H and O–H groups in total. The van der Waals surface area contributed by atoms with Gasteiger partial charge in [0.05, 0.1) is 6.61 Å². The van der Waals surface area contributed by atoms with Crippen LogP contribution in [0.3, 0.4) is 0 Å². The Balaban J connectivity index is 1.89. The molecule has 2 rings (SSSR count). The number of rotatable bonds is 4. The number of carbonyl (C=O) groups excluding carboxylic acids is 1. The summed E-state index contributed by atoms with van der Waals surface area (Å²) in [4.78, 5) is 22.3. The molecule has 1 aromatic rings. The van der Waals surface area contributed by atoms with Gasteiger partial charge in [0.2, 0.25) is 5.88 Å². The quantitative estimate of drug-likeness (QED) is 0.453. The van der Waals surface area contributed by atoms with E-state index in [9.17, 15) is 4.79 Å². The van der Waals surface area contributed by atoms with Gasteiger partial charge >= 0.3 is 6.09 Å². The van der Waals surface area contributed by atoms with E-state index in [-0.39, 0.29) is 12.0 Å². The van der Waals surface area contributed by atoms with Crippen molar-refractivity contribution in [2.75, 3.05) is 26.0 Å². The summed E-state index contributed by atoms with van der Waals surface area (Å²) < 4.78 is 11.2. The molecular formula is C16H24ClN3O3S. The number of ether oxygens (including phenoxy) is 2. The zero-order chi connectivity index (χ0) is 17.7. The average Bonchev–Trinajstić information content (AvgIpc) is 2.51. The Hall–Kier alpha value is -1.21. The molecule has 134 valence electrons. The van der Waals surface area contributed by atoms with E-state index in [0.717, 1.165) is 19.4 Å². The van der Waals surface area contributed by atoms with Gasteiger partial charge < -0.3 is 14.4 Å². The largest absolute Gasteiger partial charge is 0.477 e. The number of hydrogen-bond acceptors (Lipinski definition) is 6. The summed E-state index contributed by atoms with van der Waals surface area (Å²) in [6.07, 6.45) is 3.57. The van der Waals surface area contributed by atoms with Crippen molar-refractivity contribution in [3.8, 4) is 5.88 Å². The van der Waals surface area contributed by atoms with Crippen molar-refractivity contribution in [3.63, 3.8) is 0 Å². The molecule has 1 aliphatic rings. The van der Waals surface area contributed by atoms with Crippen molar-refractivity contribution in [3.05, 3.63) is 11.2 Å². The van der Waals surface area contributed by atoms with E-state index in [1.165, 1.54) is 11.8 Å². The predicted octanol–water partition coefficient (Wildman–Crippen LogP) is 3.88. The summed E-state index contributed by atoms with van der Waals surface area (Å²) in [7, 11) is 0. The summed E-state index contributed by atoms with van der Waals surface area (Å²) in [5.41, 5.74) is -0.480. The van der Waals surface area contributed by atoms with Gasteiger partial charge in [-0.1, -0.05) is 23.4 Å². The molecule has 1 aromatic heterocycles. The first-order valence-corrected chi connectivity index (χ1v) is 9.56. The number of hydrogen-bond donors (Lipinski definition) is 0. The minimum Gasteiger partial charge on any atom is -0.477 e. The lowest BCUT2D eigenvalue weighted by molar-refractivity contribution is 0.0138. The summed E-state index contributed by atoms with van der Waals surface area (Å²) in [6.45, 7) is 7.46. The number of thioether (sulfide) groups is 1. The van der Waals surface area contributed by atoms with Crippen LogP contribution >= 0.6 is 23.4 Å². The molecule has 0 aromatic carbocycles. The Morgan fingerprint density at radius 2 is 2.21 bits per heavy atom. The van der Waals surface area contributed by atoms with Crippen LogP contribution in [0.5, 0.6) is 5.88 Å². The molecule has 8 heteroatoms. The molecule has 6 nitrogen and oxygen atoms in total. The zero-order valence-corrected chi connectivity index (χ0v) is 16.1. The maximum Gasteiger partial charge on any atom is 0.410 e. The molecule has 0 radical (unpaired) electrons. The Kier molecular flexibility index (Phi) is 6.57. The lowest BCUT2D eigenvalue weighted by Crippen LogP contribution is -2.44. The van der Waals surface area contributed by atoms with E-state index in [4.69, 9.17) is 21.1 Å². The summed E-state index contributed by atoms with van der Waals surface area (Å²) in [5.74, 6) is 0.714. The van der Waals surface area contributed by atoms with Crippen LogP contribution < -0.4 is 4.74 Å². The number of piperidine rings is 1. The van der Waals surface area contributed by atoms with Gasteiger partial charge in [-0.3, -0.25) is 0 Å². The van der Waals surface area contributed by atoms with Crippen LogP contribution in [-0.4, -0.2) is 52.5 Å². The molecule has 0 aliphatic carbocycles. The lowest BCUT2D eigenvalue weighted by Gasteiger charge is -2.33. The van der Waals surface area contributed by atoms with Gasteiger partial charge in [0.25, 0.3) is 0 Å². The third kappa shape index (κ3) is 6.02. The van der Waals surface area contributed by atoms with Gasteiger partial charge in [-0.05, 0) is 39.9 Å². The fourth-order valence-electron chi connectivity index (χ4n) is 2.44. The Labute approximate surface area is 152 Å². The summed E-state index contributed by atoms with van der Waals surface area (Å²) in [5, 5.41) is 0.944. The number of likely N-dealkylation sites (tertiary alicyclic amines) is 1. The molecule has 1 saturated heterocycles. The normalized spacial score (nSPS) is 18.4. The van der Waals surface area contributed by atoms with Crippen molar-refractivity contribution in [2.45, 2.75) is 44.4 Å². The first kappa shape index (κ1) is 19.1. The minimum atomic E-state index is -0.480. The molecule has 1 fully saturated rings. The Morgan fingerprint density at radius 3 is 2.88 bits per heavy atom. The second-order valence-corrected chi connectivity index (χ2v) is 7.92. The van der Waals surface area contributed by atoms with Crippen molar-refractivity contribution in [1.29, 1.82) is 0 Å². The van der Waals surface area contributed by atoms with Crippen LogP contribution in [-0.2, 0) is 4.74 Å². The minimum absolute atomic E-state index is 0.248. The van der Waals surface area contributed by atoms with E-state index in [2.05, 4.69) is 9.97 Å². The smallest absolute Gasteiger partial charge is 0.410 e. The number of aromatic nitrogens is 2. The summed E-state index contributed by atoms with van der Waals surface area (Å²) in [6, 6.07) is 1.61. The number of nitrogens with zero attached hydrogens (tertiary/aromatic N) is 3. The standard InChI is InChI=1S/C16H24ClN3O3S/c1-16(2,3)23-15(21)20-7-5-6-11(9-20)10-22-13-8-12(17)18-14(19-13)24-4/h8,11H,5-7,9-10H2,1-4H3/t11-/m0/s1. The zero-order valence-electron chi connectivity index (χ0n) is 14.5. The van der Waals surface area contributed by atoms with E-state index in [0.29, 0.717) is 29.3 Å². The molecule has 1 aliphatic heterocycles. The van der Waals surface area contributed by atoms with Gasteiger partial charge in [0, 0.05) is 25.1 Å². The first-order chi connectivity index (χ1) is 11.3. The summed E-state index contributed by atoms with van der Waals surface area (Å²) >= 11 is 7.37. The number of amides is 1. The molecule has 24 heavy (non-hydrogen) atoms. The predicted molar refractivity (Wildman–Crippen MR) is 94.8 cm³/mol. The van der Waals surface area contributed by atoms with Gasteiger partial charge in [0.1, 0.15) is 10.8 Å². The molecule has 0 spiro atoms. The van der Waals surface area contributed by atoms with Crippen molar-refractivity contribution in [1.82, 2.24) is 14.9 Å². The maximum atomic E-state index is 12.2. The van der Waals surface area contributed by atoms with Gasteiger partial charge in [-0.15, -0.1) is 0 Å². The van der Waals surface area contributed by atoms with Crippen LogP contribution in [0.4, 0.5) is 4.79 Å². The second kappa shape index (κ2) is 8.25. The number of carbonyl (C=O) groups is 1. The number of halogens is 1. The molecule has 1 atom stereocenters. The second-order valence-electron chi connectivity index (χ2n) is 6.76. The highest BCUT2D eigenvalue weighted by Gasteiger charge is 2.28. The van der Waals surface area contributed by atoms with E-state index < -0.39 is 5.60 Å². The SMILES string of the molecule is CSc1nc(Cl)cc(OC[C@H]2CCCN(C(=O)OC(C)(C)C)C2)n1. The average molecular weight is 374 g/mol. The van der Waals surface area contributed by atoms with Gasteiger partial charge in [-0.2, -0.15) is 4.98 Å². The highest BCUT2D eigenvalue weighted by atomic mass is 35.5. The topological polar surface area (TPSA) is 64.5 Å². The highest BCUT2D eigenvalue weighted by Crippen LogP contribution is 2.22. The third-order valence-corrected chi connectivity index (χ3v) is 4.21. The van der Waals surface area contributed by atoms with Gasteiger partial charge in [0.15, 0.2) is 5.16 Å². The molecule has 0 unspecified atom stereocenters. The Morgan fingerprint density at radius 1 is 1.46 bits per heavy atom. The Bertz CT molecular complexity index is 580. The van der Waals surface area contributed by atoms with Crippen LogP contribution in [0.15, 0.2) is 11.2 Å². The first-order valence-electron chi connectivity index (χ1n) is 7.96. The highest BCUT2D eigenvalue weighted by molar-refractivity contribution is 7.98. The van der Waals surface area contributed by atoms with Crippen molar-refractivity contribution in [2.24, 2.45) is 5.92 Å². The van der Waals surface area contributed by atoms with Gasteiger partial charge in [-0.25, -0.2) is 9.78 Å². The lowest BCUT2D eigenvalue weighted by atomic mass is 9.99. The molecular weight excluding hydrogens is 350 g/mol. The third-order valence-electron chi connectivity index (χ3n) is 3.47.